The fraction of sp³-hybridized carbons (Fsp3) is 0.625. The van der Waals surface area contributed by atoms with Crippen LogP contribution in [0.25, 0.3) is 0 Å². The van der Waals surface area contributed by atoms with Gasteiger partial charge in [-0.25, -0.2) is 0 Å². The second kappa shape index (κ2) is 7.65. The summed E-state index contributed by atoms with van der Waals surface area (Å²) in [6.45, 7) is 4.48. The summed E-state index contributed by atoms with van der Waals surface area (Å²) in [4.78, 5) is 2.59. The Morgan fingerprint density at radius 1 is 1.30 bits per heavy atom. The second-order valence-electron chi connectivity index (χ2n) is 5.66. The first-order valence-corrected chi connectivity index (χ1v) is 8.32. The molecule has 1 aromatic carbocycles. The van der Waals surface area contributed by atoms with Gasteiger partial charge in [0.25, 0.3) is 0 Å². The molecule has 0 aliphatic heterocycles. The van der Waals surface area contributed by atoms with Gasteiger partial charge in [0.1, 0.15) is 0 Å². The predicted octanol–water partition coefficient (Wildman–Crippen LogP) is 4.65. The molecule has 1 saturated carbocycles. The van der Waals surface area contributed by atoms with Crippen LogP contribution >= 0.6 is 23.2 Å². The van der Waals surface area contributed by atoms with Gasteiger partial charge in [0.15, 0.2) is 0 Å². The third-order valence-electron chi connectivity index (χ3n) is 3.97. The van der Waals surface area contributed by atoms with Crippen molar-refractivity contribution in [3.63, 3.8) is 0 Å². The molecule has 1 atom stereocenters. The molecule has 1 aliphatic rings. The lowest BCUT2D eigenvalue weighted by Gasteiger charge is -2.24. The molecule has 20 heavy (non-hydrogen) atoms. The van der Waals surface area contributed by atoms with Crippen LogP contribution < -0.4 is 5.73 Å². The van der Waals surface area contributed by atoms with E-state index in [0.717, 1.165) is 24.6 Å². The lowest BCUT2D eigenvalue weighted by Crippen LogP contribution is -2.30. The van der Waals surface area contributed by atoms with Gasteiger partial charge in [0.2, 0.25) is 0 Å². The number of rotatable bonds is 8. The molecule has 1 aliphatic carbocycles. The SMILES string of the molecule is CCCCN(CCC(N)c1cccc(Cl)c1Cl)C1CC1. The summed E-state index contributed by atoms with van der Waals surface area (Å²) in [5, 5.41) is 1.19. The molecule has 0 radical (unpaired) electrons. The summed E-state index contributed by atoms with van der Waals surface area (Å²) >= 11 is 12.3. The molecule has 0 aromatic heterocycles. The minimum Gasteiger partial charge on any atom is -0.324 e. The third-order valence-corrected chi connectivity index (χ3v) is 4.80. The van der Waals surface area contributed by atoms with Gasteiger partial charge in [-0.2, -0.15) is 0 Å². The average Bonchev–Trinajstić information content (AvgIpc) is 3.26. The summed E-state index contributed by atoms with van der Waals surface area (Å²) in [7, 11) is 0. The van der Waals surface area contributed by atoms with Crippen molar-refractivity contribution in [1.29, 1.82) is 0 Å². The first-order valence-electron chi connectivity index (χ1n) is 7.57. The molecule has 0 heterocycles. The number of unbranched alkanes of at least 4 members (excludes halogenated alkanes) is 1. The molecule has 1 fully saturated rings. The Morgan fingerprint density at radius 3 is 2.70 bits per heavy atom. The van der Waals surface area contributed by atoms with Gasteiger partial charge in [0.05, 0.1) is 10.0 Å². The molecule has 4 heteroatoms. The number of hydrogen-bond acceptors (Lipinski definition) is 2. The predicted molar refractivity (Wildman–Crippen MR) is 87.5 cm³/mol. The third kappa shape index (κ3) is 4.36. The van der Waals surface area contributed by atoms with Crippen LogP contribution in [0.5, 0.6) is 0 Å². The number of halogens is 2. The van der Waals surface area contributed by atoms with E-state index in [1.807, 2.05) is 12.1 Å². The second-order valence-corrected chi connectivity index (χ2v) is 6.44. The first-order chi connectivity index (χ1) is 9.63. The standard InChI is InChI=1S/C16H24Cl2N2/c1-2-3-10-20(12-7-8-12)11-9-15(19)13-5-4-6-14(17)16(13)18/h4-6,12,15H,2-3,7-11,19H2,1H3. The van der Waals surface area contributed by atoms with Crippen LogP contribution in [0.3, 0.4) is 0 Å². The largest absolute Gasteiger partial charge is 0.324 e. The number of benzene rings is 1. The quantitative estimate of drug-likeness (QED) is 0.757. The average molecular weight is 315 g/mol. The zero-order valence-electron chi connectivity index (χ0n) is 12.1. The van der Waals surface area contributed by atoms with E-state index in [1.54, 1.807) is 6.07 Å². The zero-order chi connectivity index (χ0) is 14.5. The molecule has 0 spiro atoms. The maximum atomic E-state index is 6.29. The molecule has 0 bridgehead atoms. The van der Waals surface area contributed by atoms with Crippen LogP contribution in [0, 0.1) is 0 Å². The van der Waals surface area contributed by atoms with Gasteiger partial charge in [-0.05, 0) is 43.9 Å². The summed E-state index contributed by atoms with van der Waals surface area (Å²) in [6.07, 6.45) is 6.13. The van der Waals surface area contributed by atoms with E-state index in [-0.39, 0.29) is 6.04 Å². The molecular weight excluding hydrogens is 291 g/mol. The summed E-state index contributed by atoms with van der Waals surface area (Å²) in [5.74, 6) is 0. The molecule has 1 aromatic rings. The van der Waals surface area contributed by atoms with Crippen molar-refractivity contribution in [1.82, 2.24) is 4.90 Å². The Labute approximate surface area is 132 Å². The highest BCUT2D eigenvalue weighted by atomic mass is 35.5. The van der Waals surface area contributed by atoms with Crippen LogP contribution in [-0.2, 0) is 0 Å². The lowest BCUT2D eigenvalue weighted by atomic mass is 10.0. The van der Waals surface area contributed by atoms with Gasteiger partial charge in [-0.1, -0.05) is 48.7 Å². The fourth-order valence-electron chi connectivity index (χ4n) is 2.55. The van der Waals surface area contributed by atoms with Gasteiger partial charge in [-0.15, -0.1) is 0 Å². The van der Waals surface area contributed by atoms with Crippen LogP contribution in [0.1, 0.15) is 50.6 Å². The molecule has 2 rings (SSSR count). The van der Waals surface area contributed by atoms with E-state index < -0.39 is 0 Å². The van der Waals surface area contributed by atoms with Gasteiger partial charge in [-0.3, -0.25) is 0 Å². The van der Waals surface area contributed by atoms with Crippen molar-refractivity contribution in [3.05, 3.63) is 33.8 Å². The Morgan fingerprint density at radius 2 is 2.05 bits per heavy atom. The van der Waals surface area contributed by atoms with Crippen molar-refractivity contribution in [2.75, 3.05) is 13.1 Å². The molecule has 0 saturated heterocycles. The highest BCUT2D eigenvalue weighted by Crippen LogP contribution is 2.32. The molecule has 112 valence electrons. The minimum atomic E-state index is -0.0379. The van der Waals surface area contributed by atoms with E-state index in [9.17, 15) is 0 Å². The topological polar surface area (TPSA) is 29.3 Å². The summed E-state index contributed by atoms with van der Waals surface area (Å²) in [5.41, 5.74) is 7.26. The number of hydrogen-bond donors (Lipinski definition) is 1. The van der Waals surface area contributed by atoms with E-state index >= 15 is 0 Å². The van der Waals surface area contributed by atoms with Gasteiger partial charge >= 0.3 is 0 Å². The Kier molecular flexibility index (Phi) is 6.16. The molecule has 0 amide bonds. The minimum absolute atomic E-state index is 0.0379. The van der Waals surface area contributed by atoms with Crippen molar-refractivity contribution >= 4 is 23.2 Å². The monoisotopic (exact) mass is 314 g/mol. The van der Waals surface area contributed by atoms with Gasteiger partial charge < -0.3 is 10.6 Å². The van der Waals surface area contributed by atoms with Crippen LogP contribution in [0.15, 0.2) is 18.2 Å². The number of nitrogens with zero attached hydrogens (tertiary/aromatic N) is 1. The van der Waals surface area contributed by atoms with Crippen molar-refractivity contribution in [2.24, 2.45) is 5.73 Å². The van der Waals surface area contributed by atoms with Crippen molar-refractivity contribution < 1.29 is 0 Å². The lowest BCUT2D eigenvalue weighted by molar-refractivity contribution is 0.249. The molecular formula is C16H24Cl2N2. The van der Waals surface area contributed by atoms with E-state index in [2.05, 4.69) is 11.8 Å². The summed E-state index contributed by atoms with van der Waals surface area (Å²) in [6, 6.07) is 6.45. The molecule has 2 nitrogen and oxygen atoms in total. The maximum absolute atomic E-state index is 6.29. The highest BCUT2D eigenvalue weighted by molar-refractivity contribution is 6.42. The van der Waals surface area contributed by atoms with Gasteiger partial charge in [0, 0.05) is 18.6 Å². The number of nitrogens with two attached hydrogens (primary N) is 1. The van der Waals surface area contributed by atoms with Crippen molar-refractivity contribution in [2.45, 2.75) is 51.1 Å². The van der Waals surface area contributed by atoms with E-state index in [4.69, 9.17) is 28.9 Å². The maximum Gasteiger partial charge on any atom is 0.0640 e. The normalized spacial score (nSPS) is 16.6. The highest BCUT2D eigenvalue weighted by Gasteiger charge is 2.28. The van der Waals surface area contributed by atoms with Crippen molar-refractivity contribution in [3.8, 4) is 0 Å². The Balaban J connectivity index is 1.89. The molecule has 2 N–H and O–H groups in total. The fourth-order valence-corrected chi connectivity index (χ4v) is 2.99. The summed E-state index contributed by atoms with van der Waals surface area (Å²) < 4.78 is 0. The zero-order valence-corrected chi connectivity index (χ0v) is 13.6. The van der Waals surface area contributed by atoms with Crippen LogP contribution in [0.2, 0.25) is 10.0 Å². The smallest absolute Gasteiger partial charge is 0.0640 e. The van der Waals surface area contributed by atoms with E-state index in [0.29, 0.717) is 10.0 Å². The Hall–Kier alpha value is -0.280. The molecule has 1 unspecified atom stereocenters. The van der Waals surface area contributed by atoms with Crippen LogP contribution in [0.4, 0.5) is 0 Å². The van der Waals surface area contributed by atoms with Crippen LogP contribution in [-0.4, -0.2) is 24.0 Å². The van der Waals surface area contributed by atoms with E-state index in [1.165, 1.54) is 32.2 Å². The first kappa shape index (κ1) is 16.1. The Bertz CT molecular complexity index is 432.